The Labute approximate surface area is 248 Å². The molecule has 2 aromatic carbocycles. The van der Waals surface area contributed by atoms with Crippen molar-refractivity contribution in [3.63, 3.8) is 0 Å². The average Bonchev–Trinajstić information content (AvgIpc) is 3.62. The number of carboxylic acids is 1. The van der Waals surface area contributed by atoms with E-state index >= 15 is 0 Å². The number of rotatable bonds is 13. The summed E-state index contributed by atoms with van der Waals surface area (Å²) in [7, 11) is 0. The number of unbranched alkanes of at least 4 members (excludes halogenated alkanes) is 1. The van der Waals surface area contributed by atoms with Crippen LogP contribution in [0.5, 0.6) is 5.75 Å². The summed E-state index contributed by atoms with van der Waals surface area (Å²) < 4.78 is 5.70. The minimum atomic E-state index is -0.831. The number of aliphatic hydroxyl groups is 1. The van der Waals surface area contributed by atoms with Gasteiger partial charge in [-0.05, 0) is 66.1 Å². The number of aliphatic hydroxyl groups excluding tert-OH is 1. The maximum absolute atomic E-state index is 13.9. The molecule has 3 aromatic rings. The van der Waals surface area contributed by atoms with Crippen LogP contribution in [0.2, 0.25) is 0 Å². The highest BCUT2D eigenvalue weighted by Gasteiger charge is 2.47. The number of benzene rings is 2. The van der Waals surface area contributed by atoms with Crippen molar-refractivity contribution in [3.8, 4) is 5.75 Å². The molecule has 1 fully saturated rings. The van der Waals surface area contributed by atoms with Gasteiger partial charge in [-0.25, -0.2) is 0 Å². The summed E-state index contributed by atoms with van der Waals surface area (Å²) in [6.07, 6.45) is 8.17. The molecule has 1 saturated heterocycles. The molecule has 222 valence electrons. The van der Waals surface area contributed by atoms with Crippen LogP contribution in [0.3, 0.4) is 0 Å². The van der Waals surface area contributed by atoms with E-state index in [0.717, 1.165) is 65.8 Å². The van der Waals surface area contributed by atoms with Crippen LogP contribution in [-0.2, 0) is 29.0 Å². The van der Waals surface area contributed by atoms with Crippen molar-refractivity contribution in [2.24, 2.45) is 5.92 Å². The summed E-state index contributed by atoms with van der Waals surface area (Å²) in [5.41, 5.74) is 4.84. The number of carbonyl (C=O) groups is 2. The number of aryl methyl sites for hydroxylation is 1. The Morgan fingerprint density at radius 1 is 1.10 bits per heavy atom. The smallest absolute Gasteiger partial charge is 0.308 e. The molecule has 3 heterocycles. The molecule has 0 bridgehead atoms. The molecule has 5 rings (SSSR count). The van der Waals surface area contributed by atoms with Gasteiger partial charge in [-0.2, -0.15) is 0 Å². The van der Waals surface area contributed by atoms with Crippen LogP contribution in [0.4, 0.5) is 5.69 Å². The number of anilines is 1. The maximum atomic E-state index is 13.9. The highest BCUT2D eigenvalue weighted by atomic mass is 16.5. The van der Waals surface area contributed by atoms with Gasteiger partial charge < -0.3 is 19.8 Å². The summed E-state index contributed by atoms with van der Waals surface area (Å²) in [6, 6.07) is 17.3. The first-order chi connectivity index (χ1) is 20.5. The van der Waals surface area contributed by atoms with E-state index in [1.165, 1.54) is 0 Å². The number of carbonyl (C=O) groups excluding carboxylic acids is 1. The number of amides is 1. The van der Waals surface area contributed by atoms with Crippen LogP contribution in [0, 0.1) is 5.92 Å². The van der Waals surface area contributed by atoms with Gasteiger partial charge in [-0.1, -0.05) is 49.7 Å². The standard InChI is InChI=1S/C34H41N3O5/c1-2-3-17-37(28-11-7-16-35-20-28)32(39)22-36-21-29(25-13-14-31-26(19-25)15-18-42-31)33(34(40)41)30(36)12-6-10-24-8-4-5-9-27(24)23-38/h4-5,7-9,11,13-14,16,19-20,29-30,33,38H,2-3,6,10,12,15,17-18,21-23H2,1H3,(H,40,41)/t29-,30+,33-/m1/s1. The molecular formula is C34H41N3O5. The molecule has 2 aliphatic rings. The number of nitrogens with zero attached hydrogens (tertiary/aromatic N) is 3. The number of hydrogen-bond acceptors (Lipinski definition) is 6. The molecule has 1 amide bonds. The monoisotopic (exact) mass is 571 g/mol. The third kappa shape index (κ3) is 6.66. The van der Waals surface area contributed by atoms with Gasteiger partial charge in [0, 0.05) is 37.7 Å². The predicted octanol–water partition coefficient (Wildman–Crippen LogP) is 4.83. The average molecular weight is 572 g/mol. The fraction of sp³-hybridized carbons (Fsp3) is 0.441. The zero-order chi connectivity index (χ0) is 29.5. The Morgan fingerprint density at radius 3 is 2.67 bits per heavy atom. The Kier molecular flexibility index (Phi) is 9.87. The van der Waals surface area contributed by atoms with Gasteiger partial charge in [0.1, 0.15) is 5.75 Å². The highest BCUT2D eigenvalue weighted by molar-refractivity contribution is 5.94. The Morgan fingerprint density at radius 2 is 1.93 bits per heavy atom. The SMILES string of the molecule is CCCCN(C(=O)CN1C[C@H](c2ccc3c(c2)CCO3)[C@@H](C(=O)O)[C@@H]1CCCc1ccccc1CO)c1cccnc1. The maximum Gasteiger partial charge on any atom is 0.308 e. The Hall–Kier alpha value is -3.75. The van der Waals surface area contributed by atoms with Crippen molar-refractivity contribution in [1.29, 1.82) is 0 Å². The number of aromatic nitrogens is 1. The normalized spacial score (nSPS) is 19.8. The van der Waals surface area contributed by atoms with Crippen LogP contribution in [0.15, 0.2) is 67.0 Å². The molecule has 0 unspecified atom stereocenters. The molecule has 42 heavy (non-hydrogen) atoms. The second kappa shape index (κ2) is 13.9. The molecule has 2 N–H and O–H groups in total. The molecule has 0 aliphatic carbocycles. The van der Waals surface area contributed by atoms with Gasteiger partial charge in [-0.3, -0.25) is 19.5 Å². The van der Waals surface area contributed by atoms with Gasteiger partial charge in [0.2, 0.25) is 5.91 Å². The minimum absolute atomic E-state index is 0.0238. The van der Waals surface area contributed by atoms with Gasteiger partial charge in [0.15, 0.2) is 0 Å². The van der Waals surface area contributed by atoms with Gasteiger partial charge >= 0.3 is 5.97 Å². The Bertz CT molecular complexity index is 1360. The van der Waals surface area contributed by atoms with E-state index in [9.17, 15) is 19.8 Å². The number of aliphatic carboxylic acids is 1. The van der Waals surface area contributed by atoms with Crippen LogP contribution in [-0.4, -0.2) is 64.3 Å². The number of carboxylic acid groups (broad SMARTS) is 1. The first-order valence-electron chi connectivity index (χ1n) is 15.1. The lowest BCUT2D eigenvalue weighted by atomic mass is 9.83. The van der Waals surface area contributed by atoms with Crippen molar-refractivity contribution in [2.75, 3.05) is 31.1 Å². The lowest BCUT2D eigenvalue weighted by Crippen LogP contribution is -2.44. The third-order valence-electron chi connectivity index (χ3n) is 8.74. The molecule has 8 nitrogen and oxygen atoms in total. The summed E-state index contributed by atoms with van der Waals surface area (Å²) >= 11 is 0. The molecule has 0 saturated carbocycles. The van der Waals surface area contributed by atoms with E-state index in [1.807, 2.05) is 48.5 Å². The second-order valence-corrected chi connectivity index (χ2v) is 11.4. The van der Waals surface area contributed by atoms with Crippen LogP contribution < -0.4 is 9.64 Å². The zero-order valence-corrected chi connectivity index (χ0v) is 24.3. The van der Waals surface area contributed by atoms with E-state index in [1.54, 1.807) is 17.3 Å². The molecule has 3 atom stereocenters. The topological polar surface area (TPSA) is 103 Å². The van der Waals surface area contributed by atoms with Crippen molar-refractivity contribution in [3.05, 3.63) is 89.2 Å². The summed E-state index contributed by atoms with van der Waals surface area (Å²) in [6.45, 7) is 3.95. The fourth-order valence-electron chi connectivity index (χ4n) is 6.57. The summed E-state index contributed by atoms with van der Waals surface area (Å²) in [4.78, 5) is 34.9. The quantitative estimate of drug-likeness (QED) is 0.303. The molecule has 8 heteroatoms. The van der Waals surface area contributed by atoms with E-state index in [4.69, 9.17) is 4.74 Å². The van der Waals surface area contributed by atoms with Gasteiger partial charge in [0.05, 0.1) is 37.6 Å². The van der Waals surface area contributed by atoms with Crippen molar-refractivity contribution < 1.29 is 24.5 Å². The van der Waals surface area contributed by atoms with E-state index < -0.39 is 11.9 Å². The number of hydrogen-bond donors (Lipinski definition) is 2. The summed E-state index contributed by atoms with van der Waals surface area (Å²) in [5.74, 6) is -0.883. The first kappa shape index (κ1) is 29.7. The van der Waals surface area contributed by atoms with E-state index in [2.05, 4.69) is 22.9 Å². The van der Waals surface area contributed by atoms with Crippen LogP contribution in [0.1, 0.15) is 60.8 Å². The molecule has 0 radical (unpaired) electrons. The minimum Gasteiger partial charge on any atom is -0.493 e. The van der Waals surface area contributed by atoms with Crippen molar-refractivity contribution in [1.82, 2.24) is 9.88 Å². The second-order valence-electron chi connectivity index (χ2n) is 11.4. The van der Waals surface area contributed by atoms with Gasteiger partial charge in [0.25, 0.3) is 0 Å². The molecular weight excluding hydrogens is 530 g/mol. The Balaban J connectivity index is 1.41. The highest BCUT2D eigenvalue weighted by Crippen LogP contribution is 2.41. The predicted molar refractivity (Wildman–Crippen MR) is 162 cm³/mol. The van der Waals surface area contributed by atoms with Crippen LogP contribution in [0.25, 0.3) is 0 Å². The van der Waals surface area contributed by atoms with Crippen molar-refractivity contribution in [2.45, 2.75) is 64.0 Å². The summed E-state index contributed by atoms with van der Waals surface area (Å²) in [5, 5.41) is 20.4. The lowest BCUT2D eigenvalue weighted by Gasteiger charge is -2.29. The number of ether oxygens (including phenoxy) is 1. The molecule has 0 spiro atoms. The van der Waals surface area contributed by atoms with Gasteiger partial charge in [-0.15, -0.1) is 0 Å². The largest absolute Gasteiger partial charge is 0.493 e. The van der Waals surface area contributed by atoms with E-state index in [-0.39, 0.29) is 31.0 Å². The fourth-order valence-corrected chi connectivity index (χ4v) is 6.57. The lowest BCUT2D eigenvalue weighted by molar-refractivity contribution is -0.143. The van der Waals surface area contributed by atoms with Crippen LogP contribution >= 0.6 is 0 Å². The molecule has 1 aromatic heterocycles. The van der Waals surface area contributed by atoms with E-state index in [0.29, 0.717) is 26.1 Å². The number of pyridine rings is 1. The number of fused-ring (bicyclic) bond motifs is 1. The third-order valence-corrected chi connectivity index (χ3v) is 8.74. The number of likely N-dealkylation sites (tertiary alicyclic amines) is 1. The molecule has 2 aliphatic heterocycles. The first-order valence-corrected chi connectivity index (χ1v) is 15.1. The van der Waals surface area contributed by atoms with Crippen molar-refractivity contribution >= 4 is 17.6 Å². The zero-order valence-electron chi connectivity index (χ0n) is 24.3.